The van der Waals surface area contributed by atoms with Crippen molar-refractivity contribution in [2.75, 3.05) is 0 Å². The Morgan fingerprint density at radius 2 is 2.19 bits per heavy atom. The van der Waals surface area contributed by atoms with E-state index >= 15 is 0 Å². The van der Waals surface area contributed by atoms with Gasteiger partial charge >= 0.3 is 0 Å². The Balaban J connectivity index is 2.30. The second-order valence-electron chi connectivity index (χ2n) is 4.21. The molecule has 0 bridgehead atoms. The summed E-state index contributed by atoms with van der Waals surface area (Å²) < 4.78 is 13.6. The van der Waals surface area contributed by atoms with Gasteiger partial charge in [0.15, 0.2) is 0 Å². The van der Waals surface area contributed by atoms with Crippen LogP contribution in [0.5, 0.6) is 0 Å². The molecule has 1 aliphatic rings. The fraction of sp³-hybridized carbons (Fsp3) is 0.385. The monoisotopic (exact) mass is 216 g/mol. The summed E-state index contributed by atoms with van der Waals surface area (Å²) in [5.74, 6) is -0.142. The summed E-state index contributed by atoms with van der Waals surface area (Å²) in [5, 5.41) is 8.80. The number of nitrogens with zero attached hydrogens (tertiary/aromatic N) is 2. The van der Waals surface area contributed by atoms with Gasteiger partial charge in [-0.2, -0.15) is 5.26 Å². The molecule has 1 aromatic carbocycles. The van der Waals surface area contributed by atoms with Crippen LogP contribution in [-0.4, -0.2) is 6.21 Å². The maximum absolute atomic E-state index is 13.6. The molecule has 1 heterocycles. The van der Waals surface area contributed by atoms with Crippen LogP contribution in [0.2, 0.25) is 0 Å². The number of rotatable bonds is 1. The van der Waals surface area contributed by atoms with E-state index in [0.717, 1.165) is 6.42 Å². The second-order valence-corrected chi connectivity index (χ2v) is 4.21. The molecule has 1 aliphatic heterocycles. The van der Waals surface area contributed by atoms with Crippen LogP contribution < -0.4 is 0 Å². The first-order valence-electron chi connectivity index (χ1n) is 5.39. The highest BCUT2D eigenvalue weighted by atomic mass is 19.1. The van der Waals surface area contributed by atoms with E-state index in [1.165, 1.54) is 6.07 Å². The van der Waals surface area contributed by atoms with Crippen LogP contribution in [0.4, 0.5) is 4.39 Å². The average molecular weight is 216 g/mol. The van der Waals surface area contributed by atoms with Crippen molar-refractivity contribution in [1.29, 1.82) is 5.26 Å². The first-order chi connectivity index (χ1) is 7.72. The van der Waals surface area contributed by atoms with Gasteiger partial charge in [-0.1, -0.05) is 25.1 Å². The predicted octanol–water partition coefficient (Wildman–Crippen LogP) is 3.12. The Bertz CT molecular complexity index is 447. The van der Waals surface area contributed by atoms with E-state index < -0.39 is 0 Å². The molecule has 2 rings (SSSR count). The Morgan fingerprint density at radius 1 is 1.44 bits per heavy atom. The zero-order valence-electron chi connectivity index (χ0n) is 9.10. The summed E-state index contributed by atoms with van der Waals surface area (Å²) in [6, 6.07) is 8.74. The van der Waals surface area contributed by atoms with E-state index in [-0.39, 0.29) is 23.7 Å². The average Bonchev–Trinajstić information content (AvgIpc) is 2.30. The van der Waals surface area contributed by atoms with Crippen molar-refractivity contribution in [3.8, 4) is 6.07 Å². The van der Waals surface area contributed by atoms with Gasteiger partial charge in [-0.05, 0) is 18.4 Å². The van der Waals surface area contributed by atoms with Crippen LogP contribution in [0.1, 0.15) is 24.9 Å². The van der Waals surface area contributed by atoms with Crippen molar-refractivity contribution in [2.24, 2.45) is 16.8 Å². The molecule has 0 spiro atoms. The molecule has 0 saturated carbocycles. The van der Waals surface area contributed by atoms with Crippen molar-refractivity contribution < 1.29 is 4.39 Å². The van der Waals surface area contributed by atoms with Crippen molar-refractivity contribution in [3.63, 3.8) is 0 Å². The van der Waals surface area contributed by atoms with E-state index in [4.69, 9.17) is 5.26 Å². The molecule has 0 fully saturated rings. The molecular formula is C13H13FN2. The summed E-state index contributed by atoms with van der Waals surface area (Å²) in [6.07, 6.45) is 2.40. The van der Waals surface area contributed by atoms with Gasteiger partial charge in [0.1, 0.15) is 5.82 Å². The zero-order valence-corrected chi connectivity index (χ0v) is 9.10. The third-order valence-electron chi connectivity index (χ3n) is 2.98. The Labute approximate surface area is 94.4 Å². The minimum atomic E-state index is -0.216. The molecule has 0 radical (unpaired) electrons. The van der Waals surface area contributed by atoms with Crippen molar-refractivity contribution in [1.82, 2.24) is 0 Å². The number of hydrogen-bond acceptors (Lipinski definition) is 2. The molecule has 0 aromatic heterocycles. The summed E-state index contributed by atoms with van der Waals surface area (Å²) in [6.45, 7) is 2.01. The Hall–Kier alpha value is -1.69. The normalized spacial score (nSPS) is 28.7. The lowest BCUT2D eigenvalue weighted by atomic mass is 9.85. The fourth-order valence-electron chi connectivity index (χ4n) is 2.12. The van der Waals surface area contributed by atoms with Crippen LogP contribution >= 0.6 is 0 Å². The largest absolute Gasteiger partial charge is 0.288 e. The molecule has 0 N–H and O–H groups in total. The number of aliphatic imine (C=N–C) groups is 1. The zero-order chi connectivity index (χ0) is 11.5. The lowest BCUT2D eigenvalue weighted by Crippen LogP contribution is -2.19. The van der Waals surface area contributed by atoms with E-state index in [2.05, 4.69) is 11.1 Å². The molecule has 2 nitrogen and oxygen atoms in total. The van der Waals surface area contributed by atoms with E-state index in [0.29, 0.717) is 5.56 Å². The van der Waals surface area contributed by atoms with Gasteiger partial charge in [0.25, 0.3) is 0 Å². The summed E-state index contributed by atoms with van der Waals surface area (Å²) in [4.78, 5) is 4.31. The molecular weight excluding hydrogens is 203 g/mol. The highest BCUT2D eigenvalue weighted by Gasteiger charge is 2.27. The quantitative estimate of drug-likeness (QED) is 0.710. The Morgan fingerprint density at radius 3 is 2.81 bits per heavy atom. The number of nitriles is 1. The minimum absolute atomic E-state index is 0.127. The summed E-state index contributed by atoms with van der Waals surface area (Å²) in [5.41, 5.74) is 0.627. The third-order valence-corrected chi connectivity index (χ3v) is 2.98. The van der Waals surface area contributed by atoms with Crippen molar-refractivity contribution in [2.45, 2.75) is 19.4 Å². The van der Waals surface area contributed by atoms with Crippen LogP contribution in [0.25, 0.3) is 0 Å². The topological polar surface area (TPSA) is 36.1 Å². The minimum Gasteiger partial charge on any atom is -0.288 e. The number of halogens is 1. The molecule has 1 aromatic rings. The van der Waals surface area contributed by atoms with Crippen molar-refractivity contribution >= 4 is 6.21 Å². The second kappa shape index (κ2) is 4.44. The Kier molecular flexibility index (Phi) is 3.00. The lowest BCUT2D eigenvalue weighted by Gasteiger charge is -2.26. The molecule has 0 aliphatic carbocycles. The van der Waals surface area contributed by atoms with E-state index in [9.17, 15) is 4.39 Å². The van der Waals surface area contributed by atoms with E-state index in [1.807, 2.05) is 13.0 Å². The smallest absolute Gasteiger partial charge is 0.128 e. The highest BCUT2D eigenvalue weighted by Crippen LogP contribution is 2.34. The molecule has 3 unspecified atom stereocenters. The van der Waals surface area contributed by atoms with E-state index in [1.54, 1.807) is 18.3 Å². The fourth-order valence-corrected chi connectivity index (χ4v) is 2.12. The maximum Gasteiger partial charge on any atom is 0.128 e. The molecule has 0 amide bonds. The third kappa shape index (κ3) is 1.96. The van der Waals surface area contributed by atoms with Crippen LogP contribution in [0.15, 0.2) is 29.3 Å². The van der Waals surface area contributed by atoms with Crippen LogP contribution in [0.3, 0.4) is 0 Å². The first kappa shape index (κ1) is 10.8. The molecule has 3 atom stereocenters. The maximum atomic E-state index is 13.6. The molecule has 82 valence electrons. The van der Waals surface area contributed by atoms with Gasteiger partial charge in [0, 0.05) is 11.8 Å². The summed E-state index contributed by atoms with van der Waals surface area (Å²) in [7, 11) is 0. The van der Waals surface area contributed by atoms with Gasteiger partial charge in [-0.15, -0.1) is 0 Å². The predicted molar refractivity (Wildman–Crippen MR) is 60.5 cm³/mol. The van der Waals surface area contributed by atoms with Crippen LogP contribution in [-0.2, 0) is 0 Å². The molecule has 3 heteroatoms. The SMILES string of the molecule is CC1CC(C#N)C=NC1c1ccccc1F. The lowest BCUT2D eigenvalue weighted by molar-refractivity contribution is 0.395. The van der Waals surface area contributed by atoms with Crippen LogP contribution in [0, 0.1) is 29.0 Å². The number of hydrogen-bond donors (Lipinski definition) is 0. The first-order valence-corrected chi connectivity index (χ1v) is 5.39. The summed E-state index contributed by atoms with van der Waals surface area (Å²) >= 11 is 0. The molecule has 0 saturated heterocycles. The highest BCUT2D eigenvalue weighted by molar-refractivity contribution is 5.65. The van der Waals surface area contributed by atoms with Gasteiger partial charge < -0.3 is 0 Å². The standard InChI is InChI=1S/C13H13FN2/c1-9-6-10(7-15)8-16-13(9)11-4-2-3-5-12(11)14/h2-5,8-10,13H,6H2,1H3. The van der Waals surface area contributed by atoms with Gasteiger partial charge in [0.2, 0.25) is 0 Å². The van der Waals surface area contributed by atoms with Crippen molar-refractivity contribution in [3.05, 3.63) is 35.6 Å². The van der Waals surface area contributed by atoms with Gasteiger partial charge in [-0.25, -0.2) is 4.39 Å². The van der Waals surface area contributed by atoms with Gasteiger partial charge in [0.05, 0.1) is 18.0 Å². The van der Waals surface area contributed by atoms with Gasteiger partial charge in [-0.3, -0.25) is 4.99 Å². The molecule has 16 heavy (non-hydrogen) atoms. The number of benzene rings is 1.